The molecule has 0 aliphatic heterocycles. The topological polar surface area (TPSA) is 96.0 Å². The van der Waals surface area contributed by atoms with Gasteiger partial charge in [-0.2, -0.15) is 0 Å². The van der Waals surface area contributed by atoms with E-state index in [9.17, 15) is 18.0 Å². The lowest BCUT2D eigenvalue weighted by Gasteiger charge is -2.34. The summed E-state index contributed by atoms with van der Waals surface area (Å²) in [4.78, 5) is 30.5. The fraction of sp³-hybridized carbons (Fsp3) is 0.412. The molecule has 0 unspecified atom stereocenters. The summed E-state index contributed by atoms with van der Waals surface area (Å²) in [6.07, 6.45) is 6.30. The molecule has 1 N–H and O–H groups in total. The van der Waals surface area contributed by atoms with E-state index < -0.39 is 28.5 Å². The Balaban J connectivity index is 1.72. The molecule has 2 amide bonds. The van der Waals surface area contributed by atoms with Crippen LogP contribution in [-0.2, 0) is 26.2 Å². The van der Waals surface area contributed by atoms with Crippen LogP contribution in [0, 0.1) is 6.92 Å². The normalized spacial score (nSPS) is 14.2. The highest BCUT2D eigenvalue weighted by atomic mass is 32.2. The summed E-state index contributed by atoms with van der Waals surface area (Å²) < 4.78 is 35.0. The van der Waals surface area contributed by atoms with Gasteiger partial charge in [-0.15, -0.1) is 11.8 Å². The van der Waals surface area contributed by atoms with E-state index in [1.165, 1.54) is 11.8 Å². The molecular formula is C34H43N3O5S2. The van der Waals surface area contributed by atoms with E-state index in [0.717, 1.165) is 46.0 Å². The lowest BCUT2D eigenvalue weighted by molar-refractivity contribution is -0.140. The van der Waals surface area contributed by atoms with Crippen molar-refractivity contribution in [3.63, 3.8) is 0 Å². The number of carbonyl (C=O) groups excluding carboxylic acids is 2. The number of nitrogens with one attached hydrogen (secondary N) is 1. The van der Waals surface area contributed by atoms with Gasteiger partial charge in [0.25, 0.3) is 10.0 Å². The molecule has 1 aliphatic rings. The minimum atomic E-state index is -4.15. The quantitative estimate of drug-likeness (QED) is 0.212. The Morgan fingerprint density at radius 3 is 2.23 bits per heavy atom. The maximum absolute atomic E-state index is 14.3. The second-order valence-corrected chi connectivity index (χ2v) is 13.7. The summed E-state index contributed by atoms with van der Waals surface area (Å²) in [5.41, 5.74) is 2.22. The molecule has 0 radical (unpaired) electrons. The highest BCUT2D eigenvalue weighted by Crippen LogP contribution is 2.28. The lowest BCUT2D eigenvalue weighted by Crippen LogP contribution is -2.53. The van der Waals surface area contributed by atoms with Crippen molar-refractivity contribution >= 4 is 39.3 Å². The van der Waals surface area contributed by atoms with E-state index in [1.807, 2.05) is 51.3 Å². The number of sulfonamides is 1. The highest BCUT2D eigenvalue weighted by Gasteiger charge is 2.34. The number of benzene rings is 3. The van der Waals surface area contributed by atoms with Gasteiger partial charge < -0.3 is 15.0 Å². The van der Waals surface area contributed by atoms with Crippen LogP contribution in [-0.4, -0.2) is 56.6 Å². The number of amides is 2. The Hall–Kier alpha value is -3.50. The molecule has 44 heavy (non-hydrogen) atoms. The molecule has 0 saturated heterocycles. The summed E-state index contributed by atoms with van der Waals surface area (Å²) in [7, 11) is -4.15. The minimum absolute atomic E-state index is 0.0773. The van der Waals surface area contributed by atoms with E-state index in [-0.39, 0.29) is 23.4 Å². The van der Waals surface area contributed by atoms with E-state index >= 15 is 0 Å². The molecule has 0 bridgehead atoms. The zero-order chi connectivity index (χ0) is 31.7. The summed E-state index contributed by atoms with van der Waals surface area (Å²) in [6.45, 7) is 5.90. The molecule has 1 fully saturated rings. The van der Waals surface area contributed by atoms with E-state index in [4.69, 9.17) is 4.74 Å². The molecule has 236 valence electrons. The maximum Gasteiger partial charge on any atom is 0.264 e. The smallest absolute Gasteiger partial charge is 0.264 e. The summed E-state index contributed by atoms with van der Waals surface area (Å²) in [5, 5.41) is 3.16. The Labute approximate surface area is 266 Å². The first-order chi connectivity index (χ1) is 21.2. The largest absolute Gasteiger partial charge is 0.494 e. The predicted octanol–water partition coefficient (Wildman–Crippen LogP) is 6.18. The van der Waals surface area contributed by atoms with Crippen LogP contribution in [0.3, 0.4) is 0 Å². The van der Waals surface area contributed by atoms with Crippen LogP contribution in [0.5, 0.6) is 5.75 Å². The van der Waals surface area contributed by atoms with Crippen molar-refractivity contribution in [1.29, 1.82) is 0 Å². The molecule has 1 aliphatic carbocycles. The SMILES string of the molecule is CCOc1ccc(N(CC(=O)N(Cc2ccccc2C)[C@H](CC)C(=O)NC2CCCC2)S(=O)(=O)c2ccc(SC)cc2)cc1. The number of thioether (sulfide) groups is 1. The zero-order valence-corrected chi connectivity index (χ0v) is 27.6. The number of rotatable bonds is 14. The van der Waals surface area contributed by atoms with Crippen LogP contribution in [0.1, 0.15) is 57.1 Å². The van der Waals surface area contributed by atoms with Gasteiger partial charge in [0.05, 0.1) is 17.2 Å². The summed E-state index contributed by atoms with van der Waals surface area (Å²) >= 11 is 1.51. The van der Waals surface area contributed by atoms with E-state index in [0.29, 0.717) is 24.5 Å². The Morgan fingerprint density at radius 2 is 1.64 bits per heavy atom. The number of anilines is 1. The van der Waals surface area contributed by atoms with Gasteiger partial charge in [0.15, 0.2) is 0 Å². The van der Waals surface area contributed by atoms with Gasteiger partial charge in [-0.25, -0.2) is 8.42 Å². The van der Waals surface area contributed by atoms with Crippen LogP contribution in [0.25, 0.3) is 0 Å². The van der Waals surface area contributed by atoms with Crippen molar-refractivity contribution in [3.8, 4) is 5.75 Å². The molecule has 4 rings (SSSR count). The van der Waals surface area contributed by atoms with Gasteiger partial charge in [-0.3, -0.25) is 13.9 Å². The molecular weight excluding hydrogens is 595 g/mol. The van der Waals surface area contributed by atoms with Crippen LogP contribution >= 0.6 is 11.8 Å². The molecule has 0 heterocycles. The molecule has 1 atom stereocenters. The monoisotopic (exact) mass is 637 g/mol. The van der Waals surface area contributed by atoms with Gasteiger partial charge in [0.2, 0.25) is 11.8 Å². The number of carbonyl (C=O) groups is 2. The first-order valence-electron chi connectivity index (χ1n) is 15.2. The van der Waals surface area contributed by atoms with Crippen molar-refractivity contribution in [2.45, 2.75) is 81.3 Å². The molecule has 3 aromatic carbocycles. The fourth-order valence-corrected chi connectivity index (χ4v) is 7.36. The lowest BCUT2D eigenvalue weighted by atomic mass is 10.1. The number of ether oxygens (including phenoxy) is 1. The van der Waals surface area contributed by atoms with Crippen LogP contribution in [0.15, 0.2) is 82.6 Å². The predicted molar refractivity (Wildman–Crippen MR) is 177 cm³/mol. The standard InChI is InChI=1S/C34H43N3O5S2/c1-5-32(34(39)35-27-13-9-10-14-27)36(23-26-12-8-7-11-25(26)3)33(38)24-37(28-15-17-29(18-16-28)42-6-2)44(40,41)31-21-19-30(43-4)20-22-31/h7-8,11-12,15-22,27,32H,5-6,9-10,13-14,23-24H2,1-4H3,(H,35,39)/t32-/m1/s1. The maximum atomic E-state index is 14.3. The summed E-state index contributed by atoms with van der Waals surface area (Å²) in [5.74, 6) is -0.0654. The van der Waals surface area contributed by atoms with Crippen LogP contribution in [0.2, 0.25) is 0 Å². The zero-order valence-electron chi connectivity index (χ0n) is 26.0. The van der Waals surface area contributed by atoms with Gasteiger partial charge >= 0.3 is 0 Å². The second kappa shape index (κ2) is 15.5. The van der Waals surface area contributed by atoms with E-state index in [2.05, 4.69) is 5.32 Å². The first-order valence-corrected chi connectivity index (χ1v) is 17.9. The number of aryl methyl sites for hydroxylation is 1. The van der Waals surface area contributed by atoms with Gasteiger partial charge in [0, 0.05) is 17.5 Å². The second-order valence-electron chi connectivity index (χ2n) is 11.0. The molecule has 10 heteroatoms. The molecule has 0 aromatic heterocycles. The van der Waals surface area contributed by atoms with Gasteiger partial charge in [0.1, 0.15) is 18.3 Å². The first kappa shape index (κ1) is 33.4. The molecule has 0 spiro atoms. The van der Waals surface area contributed by atoms with Gasteiger partial charge in [-0.1, -0.05) is 44.0 Å². The molecule has 8 nitrogen and oxygen atoms in total. The number of nitrogens with zero attached hydrogens (tertiary/aromatic N) is 2. The van der Waals surface area contributed by atoms with Crippen molar-refractivity contribution in [1.82, 2.24) is 10.2 Å². The Kier molecular flexibility index (Phi) is 11.7. The van der Waals surface area contributed by atoms with Crippen molar-refractivity contribution in [2.24, 2.45) is 0 Å². The molecule has 1 saturated carbocycles. The fourth-order valence-electron chi connectivity index (χ4n) is 5.54. The minimum Gasteiger partial charge on any atom is -0.494 e. The van der Waals surface area contributed by atoms with E-state index in [1.54, 1.807) is 53.4 Å². The third-order valence-electron chi connectivity index (χ3n) is 8.05. The number of hydrogen-bond acceptors (Lipinski definition) is 6. The van der Waals surface area contributed by atoms with Crippen LogP contribution in [0.4, 0.5) is 5.69 Å². The third-order valence-corrected chi connectivity index (χ3v) is 10.6. The molecule has 3 aromatic rings. The van der Waals surface area contributed by atoms with Crippen molar-refractivity contribution < 1.29 is 22.7 Å². The third kappa shape index (κ3) is 8.15. The van der Waals surface area contributed by atoms with Crippen LogP contribution < -0.4 is 14.4 Å². The Morgan fingerprint density at radius 1 is 0.977 bits per heavy atom. The van der Waals surface area contributed by atoms with Crippen molar-refractivity contribution in [2.75, 3.05) is 23.7 Å². The highest BCUT2D eigenvalue weighted by molar-refractivity contribution is 7.98. The average Bonchev–Trinajstić information content (AvgIpc) is 3.54. The Bertz CT molecular complexity index is 1500. The number of hydrogen-bond donors (Lipinski definition) is 1. The van der Waals surface area contributed by atoms with Crippen molar-refractivity contribution in [3.05, 3.63) is 83.9 Å². The average molecular weight is 638 g/mol. The van der Waals surface area contributed by atoms with Gasteiger partial charge in [-0.05, 0) is 99.0 Å². The summed E-state index contributed by atoms with van der Waals surface area (Å²) in [6, 6.07) is 20.4.